The first-order chi connectivity index (χ1) is 26.6. The first-order valence-corrected chi connectivity index (χ1v) is 18.5. The van der Waals surface area contributed by atoms with Crippen LogP contribution in [0.15, 0.2) is 30.3 Å². The monoisotopic (exact) mass is 796 g/mol. The minimum atomic E-state index is -1.13. The molecular weight excluding hydrogens is 740 g/mol. The summed E-state index contributed by atoms with van der Waals surface area (Å²) < 4.78 is 37.1. The lowest BCUT2D eigenvalue weighted by Crippen LogP contribution is -2.54. The third kappa shape index (κ3) is 12.0. The van der Waals surface area contributed by atoms with Crippen LogP contribution in [0.3, 0.4) is 0 Å². The van der Waals surface area contributed by atoms with E-state index in [-0.39, 0.29) is 51.0 Å². The Labute approximate surface area is 326 Å². The lowest BCUT2D eigenvalue weighted by molar-refractivity contribution is -0.155. The van der Waals surface area contributed by atoms with Crippen LogP contribution in [0, 0.1) is 11.8 Å². The van der Waals surface area contributed by atoms with E-state index in [1.165, 1.54) is 24.0 Å². The van der Waals surface area contributed by atoms with Crippen molar-refractivity contribution in [3.8, 4) is 0 Å². The Kier molecular flexibility index (Phi) is 17.3. The van der Waals surface area contributed by atoms with Gasteiger partial charge in [-0.3, -0.25) is 9.59 Å². The largest absolute Gasteiger partial charge is 0.480 e. The molecule has 19 nitrogen and oxygen atoms in total. The number of aliphatic carboxylic acids is 1. The molecule has 5 rings (SSSR count). The highest BCUT2D eigenvalue weighted by Gasteiger charge is 2.55. The number of hydrogen-bond donors (Lipinski definition) is 4. The molecule has 0 aliphatic carbocycles. The molecule has 4 fully saturated rings. The summed E-state index contributed by atoms with van der Waals surface area (Å²) in [6, 6.07) is 5.61. The third-order valence-corrected chi connectivity index (χ3v) is 9.34. The first-order valence-electron chi connectivity index (χ1n) is 18.5. The van der Waals surface area contributed by atoms with Crippen molar-refractivity contribution in [1.29, 1.82) is 0 Å². The maximum absolute atomic E-state index is 13.3. The molecule has 4 atom stereocenters. The van der Waals surface area contributed by atoms with Gasteiger partial charge in [0.2, 0.25) is 11.8 Å². The van der Waals surface area contributed by atoms with E-state index in [0.717, 1.165) is 5.56 Å². The smallest absolute Gasteiger partial charge is 0.407 e. The summed E-state index contributed by atoms with van der Waals surface area (Å²) >= 11 is 0. The van der Waals surface area contributed by atoms with Gasteiger partial charge in [-0.15, -0.1) is 0 Å². The fourth-order valence-corrected chi connectivity index (χ4v) is 6.57. The number of carboxylic acid groups (broad SMARTS) is 1. The van der Waals surface area contributed by atoms with Crippen molar-refractivity contribution in [2.24, 2.45) is 11.8 Å². The Hall–Kier alpha value is -4.56. The van der Waals surface area contributed by atoms with Crippen molar-refractivity contribution in [2.75, 3.05) is 60.3 Å². The predicted molar refractivity (Wildman–Crippen MR) is 194 cm³/mol. The molecule has 4 aliphatic rings. The molecule has 0 saturated carbocycles. The van der Waals surface area contributed by atoms with E-state index in [0.29, 0.717) is 26.4 Å². The number of aliphatic hydroxyl groups excluding tert-OH is 1. The zero-order chi connectivity index (χ0) is 41.6. The molecule has 4 N–H and O–H groups in total. The number of hydrogen-bond acceptors (Lipinski definition) is 14. The number of nitrogens with zero attached hydrogens (tertiary/aromatic N) is 2. The van der Waals surface area contributed by atoms with Gasteiger partial charge in [0, 0.05) is 19.4 Å². The van der Waals surface area contributed by atoms with Crippen LogP contribution in [0.2, 0.25) is 0 Å². The van der Waals surface area contributed by atoms with Gasteiger partial charge in [0.15, 0.2) is 11.6 Å². The van der Waals surface area contributed by atoms with Crippen molar-refractivity contribution < 1.29 is 72.1 Å². The standard InChI is InChI=1S/C21H28N2O7.C14H22N2O7.C2H6O/c1-14(2)17(22-20(26)27-3)18(24)23-13-21(29-9-10-30-21)11-16(23)19(25)28-12-15-7-5-4-6-8-15;1-8(2)10(15-13(20)21-3)11(17)16-7-14(22-4-5-23-14)6-9(16)12(18)19;1-2-3/h4-8,14,16-17H,9-13H2,1-3H3,(H,22,26);8-10H,4-7H2,1-3H3,(H,15,20)(H,18,19);3H,2H2,1H3/t16-,17-;9-,10-;/m00./s1. The zero-order valence-electron chi connectivity index (χ0n) is 33.0. The average Bonchev–Trinajstić information content (AvgIpc) is 4.00. The fourth-order valence-electron chi connectivity index (χ4n) is 6.57. The van der Waals surface area contributed by atoms with Gasteiger partial charge in [-0.05, 0) is 24.3 Å². The zero-order valence-corrected chi connectivity index (χ0v) is 33.0. The van der Waals surface area contributed by atoms with Gasteiger partial charge >= 0.3 is 24.1 Å². The molecule has 2 spiro atoms. The summed E-state index contributed by atoms with van der Waals surface area (Å²) in [7, 11) is 2.42. The predicted octanol–water partition coefficient (Wildman–Crippen LogP) is 1.25. The number of benzene rings is 1. The maximum atomic E-state index is 13.3. The number of rotatable bonds is 10. The quantitative estimate of drug-likeness (QED) is 0.193. The van der Waals surface area contributed by atoms with Gasteiger partial charge in [0.05, 0.1) is 53.7 Å². The highest BCUT2D eigenvalue weighted by Crippen LogP contribution is 2.37. The van der Waals surface area contributed by atoms with Crippen molar-refractivity contribution in [3.05, 3.63) is 35.9 Å². The van der Waals surface area contributed by atoms with Crippen molar-refractivity contribution in [1.82, 2.24) is 20.4 Å². The Morgan fingerprint density at radius 1 is 0.750 bits per heavy atom. The number of carbonyl (C=O) groups is 6. The fraction of sp³-hybridized carbons (Fsp3) is 0.676. The number of nitrogens with one attached hydrogen (secondary N) is 2. The molecule has 4 amide bonds. The summed E-state index contributed by atoms with van der Waals surface area (Å²) in [5.74, 6) is -5.12. The third-order valence-electron chi connectivity index (χ3n) is 9.34. The van der Waals surface area contributed by atoms with E-state index < -0.39 is 71.7 Å². The van der Waals surface area contributed by atoms with Crippen LogP contribution in [0.25, 0.3) is 0 Å². The van der Waals surface area contributed by atoms with E-state index in [4.69, 9.17) is 28.8 Å². The number of carboxylic acids is 1. The maximum Gasteiger partial charge on any atom is 0.407 e. The minimum Gasteiger partial charge on any atom is -0.480 e. The number of esters is 1. The van der Waals surface area contributed by atoms with Crippen LogP contribution in [0.5, 0.6) is 0 Å². The SMILES string of the molecule is CCO.COC(=O)N[C@H](C(=O)N1CC2(C[C@H]1C(=O)O)OCCO2)C(C)C.COC(=O)N[C@H](C(=O)N1CC2(C[C@H]1C(=O)OCc1ccccc1)OCCO2)C(C)C. The lowest BCUT2D eigenvalue weighted by atomic mass is 10.0. The Morgan fingerprint density at radius 3 is 1.52 bits per heavy atom. The first kappa shape index (κ1) is 45.8. The van der Waals surface area contributed by atoms with Crippen molar-refractivity contribution in [3.63, 3.8) is 0 Å². The van der Waals surface area contributed by atoms with Gasteiger partial charge < -0.3 is 63.8 Å². The molecule has 0 unspecified atom stereocenters. The average molecular weight is 797 g/mol. The van der Waals surface area contributed by atoms with Crippen LogP contribution in [-0.4, -0.2) is 152 Å². The number of amides is 4. The lowest BCUT2D eigenvalue weighted by Gasteiger charge is -2.29. The number of alkyl carbamates (subject to hydrolysis) is 2. The summed E-state index contributed by atoms with van der Waals surface area (Å²) in [5.41, 5.74) is 0.845. The summed E-state index contributed by atoms with van der Waals surface area (Å²) in [5, 5.41) is 22.0. The molecule has 56 heavy (non-hydrogen) atoms. The molecule has 19 heteroatoms. The number of aliphatic hydroxyl groups is 1. The van der Waals surface area contributed by atoms with Crippen molar-refractivity contribution >= 4 is 35.9 Å². The van der Waals surface area contributed by atoms with Crippen molar-refractivity contribution in [2.45, 2.75) is 89.8 Å². The number of likely N-dealkylation sites (tertiary alicyclic amines) is 2. The number of methoxy groups -OCH3 is 2. The topological polar surface area (TPSA) is 238 Å². The normalized spacial score (nSPS) is 21.4. The summed E-state index contributed by atoms with van der Waals surface area (Å²) in [4.78, 5) is 76.3. The summed E-state index contributed by atoms with van der Waals surface area (Å²) in [6.07, 6.45) is -1.22. The van der Waals surface area contributed by atoms with Crippen LogP contribution in [0.4, 0.5) is 9.59 Å². The number of carbonyl (C=O) groups excluding carboxylic acids is 5. The molecule has 4 saturated heterocycles. The molecule has 1 aromatic rings. The molecular formula is C37H56N4O15. The molecule has 0 bridgehead atoms. The van der Waals surface area contributed by atoms with Gasteiger partial charge in [-0.1, -0.05) is 58.0 Å². The molecule has 4 aliphatic heterocycles. The Morgan fingerprint density at radius 2 is 1.14 bits per heavy atom. The van der Waals surface area contributed by atoms with Crippen LogP contribution < -0.4 is 10.6 Å². The second-order valence-corrected chi connectivity index (χ2v) is 14.1. The molecule has 0 radical (unpaired) electrons. The van der Waals surface area contributed by atoms with E-state index in [1.54, 1.807) is 34.6 Å². The minimum absolute atomic E-state index is 0.0227. The van der Waals surface area contributed by atoms with E-state index >= 15 is 0 Å². The number of ether oxygens (including phenoxy) is 7. The molecule has 1 aromatic carbocycles. The molecule has 314 valence electrons. The van der Waals surface area contributed by atoms with Gasteiger partial charge in [-0.2, -0.15) is 0 Å². The Bertz CT molecular complexity index is 1480. The van der Waals surface area contributed by atoms with E-state index in [2.05, 4.69) is 20.1 Å². The van der Waals surface area contributed by atoms with Gasteiger partial charge in [0.1, 0.15) is 30.8 Å². The highest BCUT2D eigenvalue weighted by molar-refractivity contribution is 5.91. The molecule has 0 aromatic heterocycles. The van der Waals surface area contributed by atoms with Crippen LogP contribution in [-0.2, 0) is 58.9 Å². The Balaban J connectivity index is 0.000000289. The molecule has 4 heterocycles. The van der Waals surface area contributed by atoms with E-state index in [1.807, 2.05) is 30.3 Å². The van der Waals surface area contributed by atoms with Gasteiger partial charge in [0.25, 0.3) is 0 Å². The second-order valence-electron chi connectivity index (χ2n) is 14.1. The van der Waals surface area contributed by atoms with E-state index in [9.17, 15) is 33.9 Å². The highest BCUT2D eigenvalue weighted by atomic mass is 16.7. The van der Waals surface area contributed by atoms with Gasteiger partial charge in [-0.25, -0.2) is 19.2 Å². The summed E-state index contributed by atoms with van der Waals surface area (Å²) in [6.45, 7) is 10.8. The second kappa shape index (κ2) is 21.1. The van der Waals surface area contributed by atoms with Crippen LogP contribution in [0.1, 0.15) is 53.0 Å². The van der Waals surface area contributed by atoms with Crippen LogP contribution >= 0.6 is 0 Å².